The van der Waals surface area contributed by atoms with Crippen molar-refractivity contribution in [3.63, 3.8) is 0 Å². The van der Waals surface area contributed by atoms with Gasteiger partial charge in [0.25, 0.3) is 11.8 Å². The first kappa shape index (κ1) is 18.3. The maximum atomic E-state index is 12.4. The number of nitrogens with zero attached hydrogens (tertiary/aromatic N) is 3. The van der Waals surface area contributed by atoms with Crippen LogP contribution in [0.3, 0.4) is 0 Å². The predicted octanol–water partition coefficient (Wildman–Crippen LogP) is 3.15. The van der Waals surface area contributed by atoms with Gasteiger partial charge in [-0.25, -0.2) is 0 Å². The van der Waals surface area contributed by atoms with Crippen LogP contribution >= 0.6 is 11.8 Å². The van der Waals surface area contributed by atoms with E-state index in [0.717, 1.165) is 10.6 Å². The number of carbonyl (C=O) groups excluding carboxylic acids is 2. The fraction of sp³-hybridized carbons (Fsp3) is 0.263. The van der Waals surface area contributed by atoms with Gasteiger partial charge in [0.1, 0.15) is 0 Å². The molecule has 8 nitrogen and oxygen atoms in total. The second-order valence-corrected chi connectivity index (χ2v) is 7.07. The molecule has 144 valence electrons. The zero-order valence-corrected chi connectivity index (χ0v) is 15.8. The van der Waals surface area contributed by atoms with Crippen molar-refractivity contribution >= 4 is 29.3 Å². The molecule has 4 rings (SSSR count). The molecule has 0 spiro atoms. The molecule has 1 fully saturated rings. The van der Waals surface area contributed by atoms with E-state index >= 15 is 0 Å². The molecule has 0 N–H and O–H groups in total. The summed E-state index contributed by atoms with van der Waals surface area (Å²) in [6, 6.07) is 11.1. The Morgan fingerprint density at radius 3 is 3.00 bits per heavy atom. The van der Waals surface area contributed by atoms with Crippen LogP contribution in [0.2, 0.25) is 0 Å². The zero-order chi connectivity index (χ0) is 19.5. The van der Waals surface area contributed by atoms with Crippen LogP contribution in [0.25, 0.3) is 11.7 Å². The molecule has 1 aliphatic heterocycles. The van der Waals surface area contributed by atoms with Crippen LogP contribution < -0.4 is 4.90 Å². The lowest BCUT2D eigenvalue weighted by atomic mass is 10.1. The molecular formula is C19H17N3O5S. The quantitative estimate of drug-likeness (QED) is 0.460. The number of hydrogen-bond acceptors (Lipinski definition) is 8. The number of rotatable bonds is 6. The molecular weight excluding hydrogens is 382 g/mol. The Labute approximate surface area is 164 Å². The fourth-order valence-electron chi connectivity index (χ4n) is 2.96. The van der Waals surface area contributed by atoms with Gasteiger partial charge in [-0.3, -0.25) is 9.59 Å². The molecule has 1 aromatic carbocycles. The van der Waals surface area contributed by atoms with Gasteiger partial charge in [0.2, 0.25) is 5.91 Å². The number of thioether (sulfide) groups is 1. The highest BCUT2D eigenvalue weighted by Gasteiger charge is 2.36. The first-order chi connectivity index (χ1) is 13.6. The third-order valence-corrected chi connectivity index (χ3v) is 5.09. The van der Waals surface area contributed by atoms with Crippen LogP contribution in [0.4, 0.5) is 5.69 Å². The second kappa shape index (κ2) is 7.89. The minimum Gasteiger partial charge on any atom is -0.459 e. The SMILES string of the molecule is CSc1cccc(N2C[C@@H](C(=O)OCc3nnc(-c4ccco4)o3)CC2=O)c1. The summed E-state index contributed by atoms with van der Waals surface area (Å²) in [6.07, 6.45) is 3.58. The highest BCUT2D eigenvalue weighted by molar-refractivity contribution is 7.98. The van der Waals surface area contributed by atoms with Gasteiger partial charge in [-0.15, -0.1) is 22.0 Å². The minimum atomic E-state index is -0.530. The van der Waals surface area contributed by atoms with E-state index in [2.05, 4.69) is 10.2 Å². The number of esters is 1. The fourth-order valence-corrected chi connectivity index (χ4v) is 3.41. The normalized spacial score (nSPS) is 16.5. The zero-order valence-electron chi connectivity index (χ0n) is 15.0. The Kier molecular flexibility index (Phi) is 5.16. The molecule has 0 unspecified atom stereocenters. The molecule has 0 radical (unpaired) electrons. The second-order valence-electron chi connectivity index (χ2n) is 6.19. The van der Waals surface area contributed by atoms with Crippen molar-refractivity contribution in [2.75, 3.05) is 17.7 Å². The van der Waals surface area contributed by atoms with E-state index in [4.69, 9.17) is 13.6 Å². The molecule has 3 aromatic rings. The van der Waals surface area contributed by atoms with Crippen LogP contribution in [0, 0.1) is 5.92 Å². The molecule has 3 heterocycles. The molecule has 2 aromatic heterocycles. The summed E-state index contributed by atoms with van der Waals surface area (Å²) >= 11 is 1.60. The number of amides is 1. The van der Waals surface area contributed by atoms with Gasteiger partial charge in [-0.05, 0) is 36.6 Å². The Hall–Kier alpha value is -3.07. The van der Waals surface area contributed by atoms with Gasteiger partial charge in [0.05, 0.1) is 12.2 Å². The van der Waals surface area contributed by atoms with E-state index < -0.39 is 11.9 Å². The summed E-state index contributed by atoms with van der Waals surface area (Å²) in [6.45, 7) is 0.135. The van der Waals surface area contributed by atoms with E-state index in [1.165, 1.54) is 6.26 Å². The van der Waals surface area contributed by atoms with E-state index in [9.17, 15) is 9.59 Å². The molecule has 1 aliphatic rings. The molecule has 0 aliphatic carbocycles. The number of carbonyl (C=O) groups is 2. The van der Waals surface area contributed by atoms with Gasteiger partial charge in [0.15, 0.2) is 12.4 Å². The Balaban J connectivity index is 1.36. The Morgan fingerprint density at radius 2 is 2.21 bits per heavy atom. The lowest BCUT2D eigenvalue weighted by Crippen LogP contribution is -2.26. The number of hydrogen-bond donors (Lipinski definition) is 0. The predicted molar refractivity (Wildman–Crippen MR) is 100 cm³/mol. The van der Waals surface area contributed by atoms with Crippen molar-refractivity contribution in [2.24, 2.45) is 5.92 Å². The van der Waals surface area contributed by atoms with Crippen molar-refractivity contribution in [3.8, 4) is 11.7 Å². The van der Waals surface area contributed by atoms with Gasteiger partial charge in [-0.1, -0.05) is 6.07 Å². The molecule has 0 saturated carbocycles. The van der Waals surface area contributed by atoms with Crippen molar-refractivity contribution in [2.45, 2.75) is 17.9 Å². The van der Waals surface area contributed by atoms with E-state index in [1.54, 1.807) is 28.8 Å². The molecule has 0 bridgehead atoms. The van der Waals surface area contributed by atoms with Gasteiger partial charge >= 0.3 is 5.97 Å². The van der Waals surface area contributed by atoms with E-state index in [0.29, 0.717) is 5.76 Å². The van der Waals surface area contributed by atoms with Gasteiger partial charge < -0.3 is 18.5 Å². The number of aromatic nitrogens is 2. The first-order valence-electron chi connectivity index (χ1n) is 8.61. The van der Waals surface area contributed by atoms with E-state index in [1.807, 2.05) is 30.5 Å². The topological polar surface area (TPSA) is 98.7 Å². The smallest absolute Gasteiger partial charge is 0.311 e. The third-order valence-electron chi connectivity index (χ3n) is 4.36. The summed E-state index contributed by atoms with van der Waals surface area (Å²) in [7, 11) is 0. The summed E-state index contributed by atoms with van der Waals surface area (Å²) in [4.78, 5) is 27.4. The summed E-state index contributed by atoms with van der Waals surface area (Å²) in [5, 5.41) is 7.68. The van der Waals surface area contributed by atoms with Crippen LogP contribution in [0.1, 0.15) is 12.3 Å². The van der Waals surface area contributed by atoms with Crippen LogP contribution in [-0.2, 0) is 20.9 Å². The summed E-state index contributed by atoms with van der Waals surface area (Å²) in [5.74, 6) is -0.277. The molecule has 1 saturated heterocycles. The van der Waals surface area contributed by atoms with Crippen molar-refractivity contribution in [1.29, 1.82) is 0 Å². The molecule has 9 heteroatoms. The van der Waals surface area contributed by atoms with Crippen LogP contribution in [-0.4, -0.2) is 34.9 Å². The minimum absolute atomic E-state index is 0.0990. The molecule has 1 amide bonds. The average molecular weight is 399 g/mol. The lowest BCUT2D eigenvalue weighted by Gasteiger charge is -2.17. The van der Waals surface area contributed by atoms with Crippen LogP contribution in [0.15, 0.2) is 56.4 Å². The first-order valence-corrected chi connectivity index (χ1v) is 9.84. The van der Waals surface area contributed by atoms with Crippen molar-refractivity contribution < 1.29 is 23.2 Å². The standard InChI is InChI=1S/C19H17N3O5S/c1-28-14-5-2-4-13(9-14)22-10-12(8-17(22)23)19(24)26-11-16-20-21-18(27-16)15-6-3-7-25-15/h2-7,9,12H,8,10-11H2,1H3/t12-/m0/s1. The van der Waals surface area contributed by atoms with Crippen molar-refractivity contribution in [1.82, 2.24) is 10.2 Å². The summed E-state index contributed by atoms with van der Waals surface area (Å²) < 4.78 is 15.8. The highest BCUT2D eigenvalue weighted by atomic mass is 32.2. The van der Waals surface area contributed by atoms with Crippen LogP contribution in [0.5, 0.6) is 0 Å². The number of furan rings is 1. The number of benzene rings is 1. The highest BCUT2D eigenvalue weighted by Crippen LogP contribution is 2.29. The number of anilines is 1. The molecule has 28 heavy (non-hydrogen) atoms. The Morgan fingerprint density at radius 1 is 1.32 bits per heavy atom. The van der Waals surface area contributed by atoms with Gasteiger partial charge in [-0.2, -0.15) is 0 Å². The van der Waals surface area contributed by atoms with E-state index in [-0.39, 0.29) is 37.3 Å². The Bertz CT molecular complexity index is 985. The average Bonchev–Trinajstić information content (AvgIpc) is 3.46. The third kappa shape index (κ3) is 3.79. The largest absolute Gasteiger partial charge is 0.459 e. The van der Waals surface area contributed by atoms with Crippen molar-refractivity contribution in [3.05, 3.63) is 48.6 Å². The lowest BCUT2D eigenvalue weighted by molar-refractivity contribution is -0.150. The summed E-state index contributed by atoms with van der Waals surface area (Å²) in [5.41, 5.74) is 0.784. The molecule has 1 atom stereocenters. The maximum absolute atomic E-state index is 12.4. The maximum Gasteiger partial charge on any atom is 0.311 e. The van der Waals surface area contributed by atoms with Gasteiger partial charge in [0, 0.05) is 23.5 Å². The number of ether oxygens (including phenoxy) is 1. The monoisotopic (exact) mass is 399 g/mol.